The summed E-state index contributed by atoms with van der Waals surface area (Å²) in [6.45, 7) is 0.766. The number of rotatable bonds is 1. The SMILES string of the molecule is OC[C@H]1C=CCO1. The Kier molecular flexibility index (Phi) is 1.44. The highest BCUT2D eigenvalue weighted by atomic mass is 16.5. The fourth-order valence-electron chi connectivity index (χ4n) is 0.556. The maximum Gasteiger partial charge on any atom is 0.0991 e. The lowest BCUT2D eigenvalue weighted by molar-refractivity contribution is 0.0748. The molecular weight excluding hydrogens is 92.1 g/mol. The molecule has 0 unspecified atom stereocenters. The van der Waals surface area contributed by atoms with Crippen LogP contribution in [-0.4, -0.2) is 24.4 Å². The summed E-state index contributed by atoms with van der Waals surface area (Å²) in [5.41, 5.74) is 0. The number of ether oxygens (including phenoxy) is 1. The fraction of sp³-hybridized carbons (Fsp3) is 0.600. The van der Waals surface area contributed by atoms with Gasteiger partial charge in [-0.05, 0) is 0 Å². The topological polar surface area (TPSA) is 29.5 Å². The summed E-state index contributed by atoms with van der Waals surface area (Å²) in [4.78, 5) is 0. The Labute approximate surface area is 42.4 Å². The molecule has 2 nitrogen and oxygen atoms in total. The summed E-state index contributed by atoms with van der Waals surface area (Å²) in [6.07, 6.45) is 3.74. The van der Waals surface area contributed by atoms with Crippen molar-refractivity contribution in [3.63, 3.8) is 0 Å². The first-order chi connectivity index (χ1) is 3.43. The molecule has 0 aliphatic carbocycles. The molecule has 0 saturated carbocycles. The Hall–Kier alpha value is -0.340. The van der Waals surface area contributed by atoms with Crippen LogP contribution in [0.3, 0.4) is 0 Å². The Morgan fingerprint density at radius 2 is 2.71 bits per heavy atom. The van der Waals surface area contributed by atoms with Gasteiger partial charge < -0.3 is 9.84 Å². The van der Waals surface area contributed by atoms with Crippen molar-refractivity contribution in [2.24, 2.45) is 0 Å². The molecule has 1 N–H and O–H groups in total. The Balaban J connectivity index is 2.28. The maximum atomic E-state index is 8.39. The lowest BCUT2D eigenvalue weighted by Crippen LogP contribution is -2.08. The average molecular weight is 100 g/mol. The molecule has 1 atom stereocenters. The van der Waals surface area contributed by atoms with E-state index in [-0.39, 0.29) is 12.7 Å². The van der Waals surface area contributed by atoms with Crippen molar-refractivity contribution in [2.45, 2.75) is 6.10 Å². The minimum absolute atomic E-state index is 0.0278. The van der Waals surface area contributed by atoms with Crippen LogP contribution in [-0.2, 0) is 4.74 Å². The zero-order valence-corrected chi connectivity index (χ0v) is 4.00. The predicted molar refractivity (Wildman–Crippen MR) is 26.0 cm³/mol. The molecule has 2 heteroatoms. The highest BCUT2D eigenvalue weighted by molar-refractivity contribution is 4.95. The minimum Gasteiger partial charge on any atom is -0.393 e. The van der Waals surface area contributed by atoms with Crippen molar-refractivity contribution in [1.29, 1.82) is 0 Å². The molecule has 7 heavy (non-hydrogen) atoms. The first kappa shape index (κ1) is 4.81. The molecule has 1 aliphatic heterocycles. The summed E-state index contributed by atoms with van der Waals surface area (Å²) in [7, 11) is 0. The largest absolute Gasteiger partial charge is 0.393 e. The first-order valence-corrected chi connectivity index (χ1v) is 2.32. The molecule has 1 aliphatic rings. The molecule has 0 fully saturated rings. The van der Waals surface area contributed by atoms with Gasteiger partial charge in [0.2, 0.25) is 0 Å². The van der Waals surface area contributed by atoms with E-state index in [4.69, 9.17) is 9.84 Å². The molecule has 1 rings (SSSR count). The van der Waals surface area contributed by atoms with E-state index in [2.05, 4.69) is 0 Å². The summed E-state index contributed by atoms with van der Waals surface area (Å²) >= 11 is 0. The molecular formula is C5H8O2. The van der Waals surface area contributed by atoms with Gasteiger partial charge in [0.05, 0.1) is 19.3 Å². The van der Waals surface area contributed by atoms with Crippen LogP contribution in [0, 0.1) is 0 Å². The molecule has 40 valence electrons. The van der Waals surface area contributed by atoms with Gasteiger partial charge in [-0.2, -0.15) is 0 Å². The second-order valence-corrected chi connectivity index (χ2v) is 1.48. The Morgan fingerprint density at radius 3 is 3.00 bits per heavy atom. The molecule has 0 aromatic rings. The van der Waals surface area contributed by atoms with Crippen LogP contribution in [0.15, 0.2) is 12.2 Å². The van der Waals surface area contributed by atoms with Gasteiger partial charge >= 0.3 is 0 Å². The van der Waals surface area contributed by atoms with Gasteiger partial charge in [0.15, 0.2) is 0 Å². The lowest BCUT2D eigenvalue weighted by Gasteiger charge is -1.99. The van der Waals surface area contributed by atoms with Crippen LogP contribution in [0.5, 0.6) is 0 Å². The van der Waals surface area contributed by atoms with E-state index in [0.717, 1.165) is 0 Å². The standard InChI is InChI=1S/C5H8O2/c6-4-5-2-1-3-7-5/h1-2,5-6H,3-4H2/t5-/m1/s1. The summed E-state index contributed by atoms with van der Waals surface area (Å²) < 4.78 is 4.94. The Bertz CT molecular complexity index is 78.1. The van der Waals surface area contributed by atoms with E-state index in [0.29, 0.717) is 6.61 Å². The van der Waals surface area contributed by atoms with Crippen LogP contribution >= 0.6 is 0 Å². The van der Waals surface area contributed by atoms with Gasteiger partial charge in [0, 0.05) is 0 Å². The molecule has 1 heterocycles. The zero-order valence-electron chi connectivity index (χ0n) is 4.00. The number of aliphatic hydroxyl groups is 1. The van der Waals surface area contributed by atoms with Gasteiger partial charge in [-0.15, -0.1) is 0 Å². The molecule has 0 saturated heterocycles. The van der Waals surface area contributed by atoms with E-state index < -0.39 is 0 Å². The normalized spacial score (nSPS) is 29.0. The van der Waals surface area contributed by atoms with E-state index in [9.17, 15) is 0 Å². The number of hydrogen-bond acceptors (Lipinski definition) is 2. The van der Waals surface area contributed by atoms with Crippen molar-refractivity contribution in [3.05, 3.63) is 12.2 Å². The van der Waals surface area contributed by atoms with E-state index in [1.807, 2.05) is 12.2 Å². The molecule has 0 spiro atoms. The third-order valence-corrected chi connectivity index (χ3v) is 0.937. The van der Waals surface area contributed by atoms with Gasteiger partial charge in [-0.3, -0.25) is 0 Å². The molecule has 0 aromatic heterocycles. The maximum absolute atomic E-state index is 8.39. The third kappa shape index (κ3) is 1.01. The zero-order chi connectivity index (χ0) is 5.11. The number of aliphatic hydroxyl groups excluding tert-OH is 1. The summed E-state index contributed by atoms with van der Waals surface area (Å²) in [5, 5.41) is 8.39. The quantitative estimate of drug-likeness (QED) is 0.467. The van der Waals surface area contributed by atoms with E-state index >= 15 is 0 Å². The van der Waals surface area contributed by atoms with E-state index in [1.54, 1.807) is 0 Å². The van der Waals surface area contributed by atoms with Crippen molar-refractivity contribution in [2.75, 3.05) is 13.2 Å². The van der Waals surface area contributed by atoms with Crippen molar-refractivity contribution >= 4 is 0 Å². The van der Waals surface area contributed by atoms with Crippen molar-refractivity contribution in [3.8, 4) is 0 Å². The predicted octanol–water partition coefficient (Wildman–Crippen LogP) is -0.0663. The summed E-state index contributed by atoms with van der Waals surface area (Å²) in [6, 6.07) is 0. The number of hydrogen-bond donors (Lipinski definition) is 1. The van der Waals surface area contributed by atoms with Gasteiger partial charge in [-0.1, -0.05) is 12.2 Å². The molecule has 0 bridgehead atoms. The van der Waals surface area contributed by atoms with Crippen LogP contribution in [0.2, 0.25) is 0 Å². The smallest absolute Gasteiger partial charge is 0.0991 e. The highest BCUT2D eigenvalue weighted by Gasteiger charge is 2.04. The van der Waals surface area contributed by atoms with Crippen LogP contribution in [0.25, 0.3) is 0 Å². The van der Waals surface area contributed by atoms with Gasteiger partial charge in [0.25, 0.3) is 0 Å². The van der Waals surface area contributed by atoms with Crippen molar-refractivity contribution in [1.82, 2.24) is 0 Å². The lowest BCUT2D eigenvalue weighted by atomic mass is 10.4. The summed E-state index contributed by atoms with van der Waals surface area (Å²) in [5.74, 6) is 0. The Morgan fingerprint density at radius 1 is 1.86 bits per heavy atom. The van der Waals surface area contributed by atoms with Crippen LogP contribution < -0.4 is 0 Å². The average Bonchev–Trinajstić information content (AvgIpc) is 2.14. The first-order valence-electron chi connectivity index (χ1n) is 2.32. The molecule has 0 aromatic carbocycles. The van der Waals surface area contributed by atoms with E-state index in [1.165, 1.54) is 0 Å². The minimum atomic E-state index is -0.0278. The third-order valence-electron chi connectivity index (χ3n) is 0.937. The van der Waals surface area contributed by atoms with Crippen LogP contribution in [0.1, 0.15) is 0 Å². The monoisotopic (exact) mass is 100 g/mol. The highest BCUT2D eigenvalue weighted by Crippen LogP contribution is 1.99. The molecule has 0 amide bonds. The molecule has 0 radical (unpaired) electrons. The van der Waals surface area contributed by atoms with Crippen molar-refractivity contribution < 1.29 is 9.84 Å². The second kappa shape index (κ2) is 2.09. The van der Waals surface area contributed by atoms with Gasteiger partial charge in [0.1, 0.15) is 0 Å². The fourth-order valence-corrected chi connectivity index (χ4v) is 0.556. The van der Waals surface area contributed by atoms with Gasteiger partial charge in [-0.25, -0.2) is 0 Å². The van der Waals surface area contributed by atoms with Crippen LogP contribution in [0.4, 0.5) is 0 Å². The second-order valence-electron chi connectivity index (χ2n) is 1.48.